The van der Waals surface area contributed by atoms with Gasteiger partial charge in [-0.1, -0.05) is 30.3 Å². The summed E-state index contributed by atoms with van der Waals surface area (Å²) in [5, 5.41) is 9.88. The molecule has 2 atom stereocenters. The van der Waals surface area contributed by atoms with E-state index in [-0.39, 0.29) is 17.7 Å². The molecular formula is C18H20N2O2. The van der Waals surface area contributed by atoms with Gasteiger partial charge in [-0.3, -0.25) is 4.79 Å². The van der Waals surface area contributed by atoms with Crippen LogP contribution < -0.4 is 10.6 Å². The van der Waals surface area contributed by atoms with Gasteiger partial charge in [0.2, 0.25) is 5.91 Å². The Bertz CT molecular complexity index is 714. The largest absolute Gasteiger partial charge is 0.508 e. The second-order valence-corrected chi connectivity index (χ2v) is 5.99. The van der Waals surface area contributed by atoms with Crippen molar-refractivity contribution in [2.75, 3.05) is 11.9 Å². The lowest BCUT2D eigenvalue weighted by molar-refractivity contribution is -0.123. The molecule has 1 aliphatic heterocycles. The third-order valence-corrected chi connectivity index (χ3v) is 4.90. The van der Waals surface area contributed by atoms with E-state index in [1.165, 1.54) is 0 Å². The molecule has 0 fully saturated rings. The third kappa shape index (κ3) is 1.95. The Morgan fingerprint density at radius 1 is 1.27 bits per heavy atom. The average molecular weight is 296 g/mol. The van der Waals surface area contributed by atoms with E-state index >= 15 is 0 Å². The van der Waals surface area contributed by atoms with Crippen LogP contribution in [0.1, 0.15) is 18.1 Å². The number of benzene rings is 2. The van der Waals surface area contributed by atoms with Gasteiger partial charge < -0.3 is 15.7 Å². The van der Waals surface area contributed by atoms with E-state index in [1.54, 1.807) is 12.1 Å². The number of rotatable bonds is 3. The van der Waals surface area contributed by atoms with Gasteiger partial charge in [-0.2, -0.15) is 0 Å². The average Bonchev–Trinajstić information content (AvgIpc) is 2.71. The number of hydrogen-bond donors (Lipinski definition) is 2. The van der Waals surface area contributed by atoms with Crippen LogP contribution in [-0.2, 0) is 16.6 Å². The number of phenols is 1. The minimum absolute atomic E-state index is 0.0815. The van der Waals surface area contributed by atoms with Crippen molar-refractivity contribution >= 4 is 11.6 Å². The van der Waals surface area contributed by atoms with E-state index in [9.17, 15) is 9.90 Å². The molecule has 0 spiro atoms. The number of primary amides is 1. The molecule has 1 heterocycles. The number of phenolic OH excluding ortho intramolecular Hbond substituents is 1. The zero-order valence-corrected chi connectivity index (χ0v) is 12.8. The molecule has 1 amide bonds. The highest BCUT2D eigenvalue weighted by atomic mass is 16.3. The smallest absolute Gasteiger partial charge is 0.230 e. The molecule has 22 heavy (non-hydrogen) atoms. The van der Waals surface area contributed by atoms with Crippen molar-refractivity contribution in [2.24, 2.45) is 5.73 Å². The summed E-state index contributed by atoms with van der Waals surface area (Å²) in [6.45, 7) is 2.00. The molecule has 0 bridgehead atoms. The monoisotopic (exact) mass is 296 g/mol. The molecule has 3 N–H and O–H groups in total. The van der Waals surface area contributed by atoms with Crippen molar-refractivity contribution < 1.29 is 9.90 Å². The van der Waals surface area contributed by atoms with Crippen molar-refractivity contribution in [3.8, 4) is 5.75 Å². The molecule has 3 rings (SSSR count). The van der Waals surface area contributed by atoms with Crippen LogP contribution in [0.5, 0.6) is 5.75 Å². The Balaban J connectivity index is 2.19. The van der Waals surface area contributed by atoms with Gasteiger partial charge in [0.25, 0.3) is 0 Å². The van der Waals surface area contributed by atoms with Gasteiger partial charge in [-0.05, 0) is 42.7 Å². The molecule has 4 nitrogen and oxygen atoms in total. The number of nitrogens with zero attached hydrogens (tertiary/aromatic N) is 1. The lowest BCUT2D eigenvalue weighted by Crippen LogP contribution is -2.52. The number of fused-ring (bicyclic) bond motifs is 1. The van der Waals surface area contributed by atoms with Gasteiger partial charge >= 0.3 is 0 Å². The number of aromatic hydroxyl groups is 1. The first-order chi connectivity index (χ1) is 10.5. The maximum Gasteiger partial charge on any atom is 0.230 e. The third-order valence-electron chi connectivity index (χ3n) is 4.90. The summed E-state index contributed by atoms with van der Waals surface area (Å²) in [7, 11) is 1.95. The molecular weight excluding hydrogens is 276 g/mol. The van der Waals surface area contributed by atoms with Crippen LogP contribution in [-0.4, -0.2) is 24.1 Å². The number of amides is 1. The predicted octanol–water partition coefficient (Wildman–Crippen LogP) is 2.20. The number of anilines is 1. The zero-order chi connectivity index (χ0) is 15.9. The van der Waals surface area contributed by atoms with Crippen molar-refractivity contribution in [2.45, 2.75) is 24.8 Å². The van der Waals surface area contributed by atoms with Crippen LogP contribution in [0.15, 0.2) is 48.5 Å². The van der Waals surface area contributed by atoms with Gasteiger partial charge in [0.1, 0.15) is 5.75 Å². The molecule has 2 unspecified atom stereocenters. The molecule has 2 aromatic rings. The summed E-state index contributed by atoms with van der Waals surface area (Å²) >= 11 is 0. The van der Waals surface area contributed by atoms with Gasteiger partial charge in [-0.25, -0.2) is 0 Å². The van der Waals surface area contributed by atoms with E-state index in [1.807, 2.05) is 50.4 Å². The van der Waals surface area contributed by atoms with Crippen molar-refractivity contribution in [1.29, 1.82) is 0 Å². The fourth-order valence-corrected chi connectivity index (χ4v) is 3.54. The fourth-order valence-electron chi connectivity index (χ4n) is 3.54. The Hall–Kier alpha value is -2.49. The molecule has 0 aliphatic carbocycles. The first-order valence-corrected chi connectivity index (χ1v) is 7.37. The molecule has 0 radical (unpaired) electrons. The lowest BCUT2D eigenvalue weighted by Gasteiger charge is -2.33. The Morgan fingerprint density at radius 2 is 1.95 bits per heavy atom. The molecule has 2 aromatic carbocycles. The summed E-state index contributed by atoms with van der Waals surface area (Å²) in [5.74, 6) is -0.208. The van der Waals surface area contributed by atoms with Crippen LogP contribution >= 0.6 is 0 Å². The summed E-state index contributed by atoms with van der Waals surface area (Å²) in [6, 6.07) is 14.9. The van der Waals surface area contributed by atoms with Crippen LogP contribution in [0, 0.1) is 0 Å². The normalized spacial score (nSPS) is 23.4. The highest BCUT2D eigenvalue weighted by Crippen LogP contribution is 2.47. The van der Waals surface area contributed by atoms with Crippen LogP contribution in [0.25, 0.3) is 0 Å². The minimum Gasteiger partial charge on any atom is -0.508 e. The maximum absolute atomic E-state index is 12.5. The zero-order valence-electron chi connectivity index (χ0n) is 12.8. The summed E-state index contributed by atoms with van der Waals surface area (Å²) in [5.41, 5.74) is 7.81. The lowest BCUT2D eigenvalue weighted by atomic mass is 9.72. The molecule has 114 valence electrons. The summed E-state index contributed by atoms with van der Waals surface area (Å²) in [4.78, 5) is 14.5. The predicted molar refractivity (Wildman–Crippen MR) is 87.0 cm³/mol. The van der Waals surface area contributed by atoms with Gasteiger partial charge in [0, 0.05) is 18.8 Å². The van der Waals surface area contributed by atoms with E-state index in [2.05, 4.69) is 4.90 Å². The fraction of sp³-hybridized carbons (Fsp3) is 0.278. The summed E-state index contributed by atoms with van der Waals surface area (Å²) in [6.07, 6.45) is 0.519. The number of carbonyl (C=O) groups is 1. The first kappa shape index (κ1) is 14.4. The van der Waals surface area contributed by atoms with Gasteiger partial charge in [0.15, 0.2) is 0 Å². The second-order valence-electron chi connectivity index (χ2n) is 5.99. The standard InChI is InChI=1S/C18H20N2O2/c1-12-18(17(19)22,11-13-6-4-3-5-7-13)15-10-14(21)8-9-16(15)20(12)2/h3-10,12,21H,11H2,1-2H3,(H2,19,22). The summed E-state index contributed by atoms with van der Waals surface area (Å²) < 4.78 is 0. The maximum atomic E-state index is 12.5. The van der Waals surface area contributed by atoms with Gasteiger partial charge in [-0.15, -0.1) is 0 Å². The van der Waals surface area contributed by atoms with Crippen LogP contribution in [0.2, 0.25) is 0 Å². The van der Waals surface area contributed by atoms with E-state index in [4.69, 9.17) is 5.73 Å². The molecule has 0 saturated heterocycles. The molecule has 0 aromatic heterocycles. The topological polar surface area (TPSA) is 66.6 Å². The number of hydrogen-bond acceptors (Lipinski definition) is 3. The Labute approximate surface area is 130 Å². The van der Waals surface area contributed by atoms with Crippen LogP contribution in [0.3, 0.4) is 0 Å². The quantitative estimate of drug-likeness (QED) is 0.912. The van der Waals surface area contributed by atoms with Crippen LogP contribution in [0.4, 0.5) is 5.69 Å². The molecule has 4 heteroatoms. The van der Waals surface area contributed by atoms with Gasteiger partial charge in [0.05, 0.1) is 5.41 Å². The SMILES string of the molecule is CC1N(C)c2ccc(O)cc2C1(Cc1ccccc1)C(N)=O. The highest BCUT2D eigenvalue weighted by molar-refractivity contribution is 5.93. The number of likely N-dealkylation sites (N-methyl/N-ethyl adjacent to an activating group) is 1. The Morgan fingerprint density at radius 3 is 2.59 bits per heavy atom. The van der Waals surface area contributed by atoms with Crippen molar-refractivity contribution in [3.63, 3.8) is 0 Å². The Kier molecular flexibility index (Phi) is 3.32. The first-order valence-electron chi connectivity index (χ1n) is 7.37. The van der Waals surface area contributed by atoms with E-state index < -0.39 is 5.41 Å². The molecule has 1 aliphatic rings. The van der Waals surface area contributed by atoms with Crippen molar-refractivity contribution in [1.82, 2.24) is 0 Å². The molecule has 0 saturated carbocycles. The second kappa shape index (κ2) is 5.05. The van der Waals surface area contributed by atoms with E-state index in [0.717, 1.165) is 16.8 Å². The minimum atomic E-state index is -0.843. The highest BCUT2D eigenvalue weighted by Gasteiger charge is 2.52. The number of nitrogens with two attached hydrogens (primary N) is 1. The van der Waals surface area contributed by atoms with Crippen molar-refractivity contribution in [3.05, 3.63) is 59.7 Å². The number of carbonyl (C=O) groups excluding carboxylic acids is 1. The van der Waals surface area contributed by atoms with E-state index in [0.29, 0.717) is 6.42 Å².